The molecule has 0 N–H and O–H groups in total. The highest BCUT2D eigenvalue weighted by atomic mass is 35.5. The van der Waals surface area contributed by atoms with Crippen LogP contribution >= 0.6 is 11.6 Å². The van der Waals surface area contributed by atoms with Crippen molar-refractivity contribution in [2.75, 3.05) is 0 Å². The molecule has 2 aliphatic carbocycles. The molecule has 0 aliphatic heterocycles. The number of allylic oxidation sites excluding steroid dienone is 2. The Bertz CT molecular complexity index is 997. The van der Waals surface area contributed by atoms with Crippen molar-refractivity contribution in [2.24, 2.45) is 17.3 Å². The summed E-state index contributed by atoms with van der Waals surface area (Å²) in [6.07, 6.45) is -2.54. The van der Waals surface area contributed by atoms with Crippen LogP contribution in [0, 0.1) is 17.3 Å². The topological polar surface area (TPSA) is 26.3 Å². The van der Waals surface area contributed by atoms with Crippen molar-refractivity contribution < 1.29 is 22.7 Å². The summed E-state index contributed by atoms with van der Waals surface area (Å²) >= 11 is 5.41. The number of fused-ring (bicyclic) bond motifs is 1. The average Bonchev–Trinajstić information content (AvgIpc) is 3.08. The molecule has 0 spiro atoms. The first-order chi connectivity index (χ1) is 14.6. The van der Waals surface area contributed by atoms with Gasteiger partial charge in [-0.05, 0) is 46.8 Å². The molecule has 4 atom stereocenters. The quantitative estimate of drug-likeness (QED) is 0.462. The molecule has 0 saturated heterocycles. The zero-order chi connectivity index (χ0) is 22.4. The third-order valence-corrected chi connectivity index (χ3v) is 6.97. The van der Waals surface area contributed by atoms with Crippen LogP contribution in [0.1, 0.15) is 49.0 Å². The van der Waals surface area contributed by atoms with Gasteiger partial charge in [0.25, 0.3) is 0 Å². The summed E-state index contributed by atoms with van der Waals surface area (Å²) in [5.41, 5.74) is 2.74. The Balaban J connectivity index is 1.49. The van der Waals surface area contributed by atoms with E-state index in [1.807, 2.05) is 36.4 Å². The highest BCUT2D eigenvalue weighted by Crippen LogP contribution is 2.61. The lowest BCUT2D eigenvalue weighted by Crippen LogP contribution is -2.14. The van der Waals surface area contributed by atoms with E-state index < -0.39 is 40.5 Å². The first kappa shape index (κ1) is 21.9. The second-order valence-electron chi connectivity index (χ2n) is 9.01. The molecule has 31 heavy (non-hydrogen) atoms. The van der Waals surface area contributed by atoms with Gasteiger partial charge in [0.05, 0.1) is 5.92 Å². The number of carbonyl (C=O) groups excluding carboxylic acids is 1. The predicted octanol–water partition coefficient (Wildman–Crippen LogP) is 6.96. The molecule has 164 valence electrons. The SMILES string of the molecule is CC1(C)C(/C=C(/Cl)C(F)(F)F)C1C(=O)OC1CC(Cc2ccccc2)c2ccccc21. The maximum Gasteiger partial charge on any atom is 0.426 e. The van der Waals surface area contributed by atoms with E-state index in [0.29, 0.717) is 6.42 Å². The first-order valence-electron chi connectivity index (χ1n) is 10.4. The number of hydrogen-bond donors (Lipinski definition) is 0. The largest absolute Gasteiger partial charge is 0.457 e. The van der Waals surface area contributed by atoms with Crippen molar-refractivity contribution in [1.82, 2.24) is 0 Å². The van der Waals surface area contributed by atoms with E-state index in [0.717, 1.165) is 23.6 Å². The van der Waals surface area contributed by atoms with Gasteiger partial charge in [-0.2, -0.15) is 13.2 Å². The zero-order valence-electron chi connectivity index (χ0n) is 17.3. The van der Waals surface area contributed by atoms with E-state index in [9.17, 15) is 18.0 Å². The third-order valence-electron chi connectivity index (χ3n) is 6.63. The summed E-state index contributed by atoms with van der Waals surface area (Å²) < 4.78 is 44.3. The molecule has 0 aromatic heterocycles. The Kier molecular flexibility index (Phi) is 5.67. The van der Waals surface area contributed by atoms with Crippen LogP contribution < -0.4 is 0 Å². The summed E-state index contributed by atoms with van der Waals surface area (Å²) in [6.45, 7) is 3.53. The fraction of sp³-hybridized carbons (Fsp3) is 0.400. The molecule has 6 heteroatoms. The molecule has 4 unspecified atom stereocenters. The van der Waals surface area contributed by atoms with E-state index in [2.05, 4.69) is 18.2 Å². The van der Waals surface area contributed by atoms with Crippen molar-refractivity contribution in [1.29, 1.82) is 0 Å². The molecule has 0 amide bonds. The lowest BCUT2D eigenvalue weighted by Gasteiger charge is -2.15. The second kappa shape index (κ2) is 8.01. The van der Waals surface area contributed by atoms with Gasteiger partial charge in [-0.3, -0.25) is 4.79 Å². The van der Waals surface area contributed by atoms with Crippen LogP contribution in [0.15, 0.2) is 65.7 Å². The molecule has 2 aromatic rings. The predicted molar refractivity (Wildman–Crippen MR) is 114 cm³/mol. The molecular formula is C25H24ClF3O2. The lowest BCUT2D eigenvalue weighted by molar-refractivity contribution is -0.152. The number of carbonyl (C=O) groups is 1. The van der Waals surface area contributed by atoms with Crippen LogP contribution in [0.5, 0.6) is 0 Å². The summed E-state index contributed by atoms with van der Waals surface area (Å²) in [6, 6.07) is 18.1. The van der Waals surface area contributed by atoms with Gasteiger partial charge in [0.15, 0.2) is 0 Å². The van der Waals surface area contributed by atoms with E-state index in [-0.39, 0.29) is 5.92 Å². The lowest BCUT2D eigenvalue weighted by atomic mass is 9.94. The monoisotopic (exact) mass is 448 g/mol. The maximum absolute atomic E-state index is 12.9. The van der Waals surface area contributed by atoms with Crippen LogP contribution in [0.2, 0.25) is 0 Å². The number of rotatable bonds is 5. The minimum Gasteiger partial charge on any atom is -0.457 e. The molecular weight excluding hydrogens is 425 g/mol. The van der Waals surface area contributed by atoms with Crippen molar-refractivity contribution in [3.63, 3.8) is 0 Å². The number of benzene rings is 2. The van der Waals surface area contributed by atoms with Gasteiger partial charge < -0.3 is 4.74 Å². The maximum atomic E-state index is 12.9. The smallest absolute Gasteiger partial charge is 0.426 e. The van der Waals surface area contributed by atoms with Gasteiger partial charge in [0, 0.05) is 0 Å². The molecule has 1 saturated carbocycles. The molecule has 2 nitrogen and oxygen atoms in total. The molecule has 0 radical (unpaired) electrons. The zero-order valence-corrected chi connectivity index (χ0v) is 18.1. The fourth-order valence-electron chi connectivity index (χ4n) is 4.80. The van der Waals surface area contributed by atoms with Crippen LogP contribution in [0.4, 0.5) is 13.2 Å². The summed E-state index contributed by atoms with van der Waals surface area (Å²) in [5.74, 6) is -1.47. The Morgan fingerprint density at radius 3 is 2.35 bits per heavy atom. The number of alkyl halides is 3. The minimum absolute atomic E-state index is 0.221. The molecule has 0 bridgehead atoms. The van der Waals surface area contributed by atoms with Crippen molar-refractivity contribution in [2.45, 2.75) is 44.9 Å². The van der Waals surface area contributed by atoms with E-state index in [1.165, 1.54) is 5.56 Å². The summed E-state index contributed by atoms with van der Waals surface area (Å²) in [7, 11) is 0. The number of halogens is 4. The van der Waals surface area contributed by atoms with E-state index in [1.54, 1.807) is 13.8 Å². The van der Waals surface area contributed by atoms with Crippen molar-refractivity contribution in [3.8, 4) is 0 Å². The van der Waals surface area contributed by atoms with E-state index in [4.69, 9.17) is 16.3 Å². The van der Waals surface area contributed by atoms with Crippen LogP contribution in [0.25, 0.3) is 0 Å². The molecule has 1 fully saturated rings. The van der Waals surface area contributed by atoms with Crippen LogP contribution in [-0.4, -0.2) is 12.1 Å². The number of esters is 1. The molecule has 2 aliphatic rings. The highest BCUT2D eigenvalue weighted by Gasteiger charge is 2.62. The number of hydrogen-bond acceptors (Lipinski definition) is 2. The number of ether oxygens (including phenoxy) is 1. The van der Waals surface area contributed by atoms with Gasteiger partial charge >= 0.3 is 12.1 Å². The Hall–Kier alpha value is -2.27. The third kappa shape index (κ3) is 4.38. The van der Waals surface area contributed by atoms with Crippen LogP contribution in [0.3, 0.4) is 0 Å². The summed E-state index contributed by atoms with van der Waals surface area (Å²) in [4.78, 5) is 12.9. The minimum atomic E-state index is -4.61. The van der Waals surface area contributed by atoms with Crippen molar-refractivity contribution >= 4 is 17.6 Å². The summed E-state index contributed by atoms with van der Waals surface area (Å²) in [5, 5.41) is -1.19. The van der Waals surface area contributed by atoms with Gasteiger partial charge in [-0.1, -0.05) is 86.1 Å². The van der Waals surface area contributed by atoms with Gasteiger partial charge in [0.2, 0.25) is 0 Å². The Morgan fingerprint density at radius 1 is 1.10 bits per heavy atom. The van der Waals surface area contributed by atoms with Crippen LogP contribution in [-0.2, 0) is 16.0 Å². The highest BCUT2D eigenvalue weighted by molar-refractivity contribution is 6.30. The van der Waals surface area contributed by atoms with E-state index >= 15 is 0 Å². The molecule has 2 aromatic carbocycles. The van der Waals surface area contributed by atoms with Gasteiger partial charge in [-0.25, -0.2) is 0 Å². The normalized spacial score (nSPS) is 27.0. The van der Waals surface area contributed by atoms with Gasteiger partial charge in [0.1, 0.15) is 11.1 Å². The standard InChI is InChI=1S/C25H24ClF3O2/c1-24(2)19(14-21(26)25(27,28)29)22(24)23(30)31-20-13-16(12-15-8-4-3-5-9-15)17-10-6-7-11-18(17)20/h3-11,14,16,19-20,22H,12-13H2,1-2H3/b21-14+. The average molecular weight is 449 g/mol. The first-order valence-corrected chi connectivity index (χ1v) is 10.7. The fourth-order valence-corrected chi connectivity index (χ4v) is 4.93. The Morgan fingerprint density at radius 2 is 1.71 bits per heavy atom. The van der Waals surface area contributed by atoms with Gasteiger partial charge in [-0.15, -0.1) is 0 Å². The molecule has 4 rings (SSSR count). The Labute approximate surface area is 185 Å². The molecule has 0 heterocycles. The second-order valence-corrected chi connectivity index (χ2v) is 9.42. The van der Waals surface area contributed by atoms with Crippen molar-refractivity contribution in [3.05, 3.63) is 82.4 Å².